The monoisotopic (exact) mass is 176 g/mol. The van der Waals surface area contributed by atoms with Crippen LogP contribution in [-0.2, 0) is 5.54 Å². The number of halogens is 2. The first-order valence-corrected chi connectivity index (χ1v) is 3.46. The number of aromatic nitrogens is 3. The van der Waals surface area contributed by atoms with Gasteiger partial charge in [0.2, 0.25) is 6.43 Å². The maximum Gasteiger partial charge on any atom is 0.240 e. The van der Waals surface area contributed by atoms with Crippen molar-refractivity contribution < 1.29 is 8.78 Å². The van der Waals surface area contributed by atoms with Crippen molar-refractivity contribution in [2.24, 2.45) is 5.73 Å². The molecule has 0 bridgehead atoms. The van der Waals surface area contributed by atoms with Crippen molar-refractivity contribution >= 4 is 0 Å². The molecule has 0 saturated heterocycles. The van der Waals surface area contributed by atoms with E-state index in [9.17, 15) is 8.78 Å². The van der Waals surface area contributed by atoms with Gasteiger partial charge in [0.1, 0.15) is 5.69 Å². The third-order valence-electron chi connectivity index (χ3n) is 1.58. The van der Waals surface area contributed by atoms with Crippen LogP contribution in [0.15, 0.2) is 6.20 Å². The van der Waals surface area contributed by atoms with Gasteiger partial charge in [0, 0.05) is 12.6 Å². The number of nitrogens with two attached hydrogens (primary N) is 1. The highest BCUT2D eigenvalue weighted by molar-refractivity contribution is 5.06. The molecule has 12 heavy (non-hydrogen) atoms. The van der Waals surface area contributed by atoms with E-state index in [2.05, 4.69) is 15.4 Å². The molecule has 3 N–H and O–H groups in total. The Morgan fingerprint density at radius 1 is 1.75 bits per heavy atom. The minimum absolute atomic E-state index is 0.350. The Hall–Kier alpha value is -1.04. The molecule has 6 heteroatoms. The van der Waals surface area contributed by atoms with Gasteiger partial charge in [0.05, 0.1) is 5.54 Å². The second-order valence-corrected chi connectivity index (χ2v) is 2.87. The van der Waals surface area contributed by atoms with E-state index in [4.69, 9.17) is 5.73 Å². The minimum atomic E-state index is -2.43. The van der Waals surface area contributed by atoms with E-state index in [0.717, 1.165) is 0 Å². The fourth-order valence-electron chi connectivity index (χ4n) is 0.906. The molecule has 0 aliphatic heterocycles. The van der Waals surface area contributed by atoms with Crippen molar-refractivity contribution in [1.29, 1.82) is 0 Å². The molecule has 0 fully saturated rings. The normalized spacial score (nSPS) is 16.4. The maximum absolute atomic E-state index is 12.0. The molecule has 0 saturated carbocycles. The van der Waals surface area contributed by atoms with Gasteiger partial charge in [-0.3, -0.25) is 5.10 Å². The molecular weight excluding hydrogens is 166 g/mol. The fraction of sp³-hybridized carbons (Fsp3) is 0.667. The highest BCUT2D eigenvalue weighted by Gasteiger charge is 2.28. The van der Waals surface area contributed by atoms with Crippen LogP contribution in [0.1, 0.15) is 19.0 Å². The molecule has 1 aromatic heterocycles. The summed E-state index contributed by atoms with van der Waals surface area (Å²) in [5.74, 6) is 0. The Morgan fingerprint density at radius 3 is 2.83 bits per heavy atom. The van der Waals surface area contributed by atoms with Crippen molar-refractivity contribution in [2.45, 2.75) is 25.3 Å². The number of nitrogens with one attached hydrogen (secondary N) is 1. The average molecular weight is 176 g/mol. The van der Waals surface area contributed by atoms with Crippen LogP contribution in [0.25, 0.3) is 0 Å². The van der Waals surface area contributed by atoms with Gasteiger partial charge in [-0.15, -0.1) is 5.10 Å². The molecule has 0 aliphatic carbocycles. The first kappa shape index (κ1) is 9.05. The lowest BCUT2D eigenvalue weighted by molar-refractivity contribution is 0.107. The molecular formula is C6H10F2N4. The zero-order chi connectivity index (χ0) is 9.19. The number of alkyl halides is 2. The van der Waals surface area contributed by atoms with E-state index >= 15 is 0 Å². The van der Waals surface area contributed by atoms with E-state index in [-0.39, 0.29) is 0 Å². The molecule has 1 aromatic rings. The smallest absolute Gasteiger partial charge is 0.240 e. The van der Waals surface area contributed by atoms with Gasteiger partial charge in [-0.2, -0.15) is 0 Å². The summed E-state index contributed by atoms with van der Waals surface area (Å²) in [5.41, 5.74) is 4.82. The number of hydrogen-bond donors (Lipinski definition) is 2. The summed E-state index contributed by atoms with van der Waals surface area (Å²) in [5, 5.41) is 9.40. The van der Waals surface area contributed by atoms with Crippen molar-refractivity contribution in [3.05, 3.63) is 11.9 Å². The Labute approximate surface area is 68.1 Å². The minimum Gasteiger partial charge on any atom is -0.320 e. The Bertz CT molecular complexity index is 232. The number of rotatable bonds is 3. The molecule has 4 nitrogen and oxygen atoms in total. The Morgan fingerprint density at radius 2 is 2.42 bits per heavy atom. The lowest BCUT2D eigenvalue weighted by atomic mass is 9.96. The summed E-state index contributed by atoms with van der Waals surface area (Å²) in [7, 11) is 0. The van der Waals surface area contributed by atoms with Gasteiger partial charge >= 0.3 is 0 Å². The summed E-state index contributed by atoms with van der Waals surface area (Å²) in [4.78, 5) is 0. The van der Waals surface area contributed by atoms with Crippen LogP contribution in [0, 0.1) is 0 Å². The zero-order valence-electron chi connectivity index (χ0n) is 6.59. The quantitative estimate of drug-likeness (QED) is 0.709. The molecule has 0 aliphatic rings. The van der Waals surface area contributed by atoms with Gasteiger partial charge in [0.25, 0.3) is 0 Å². The van der Waals surface area contributed by atoms with E-state index in [0.29, 0.717) is 5.69 Å². The summed E-state index contributed by atoms with van der Waals surface area (Å²) < 4.78 is 24.0. The maximum atomic E-state index is 12.0. The fourth-order valence-corrected chi connectivity index (χ4v) is 0.906. The van der Waals surface area contributed by atoms with Crippen molar-refractivity contribution in [1.82, 2.24) is 15.4 Å². The molecule has 1 heterocycles. The highest BCUT2D eigenvalue weighted by Crippen LogP contribution is 2.21. The molecule has 0 spiro atoms. The number of aromatic amines is 1. The van der Waals surface area contributed by atoms with Crippen molar-refractivity contribution in [2.75, 3.05) is 0 Å². The van der Waals surface area contributed by atoms with Crippen LogP contribution in [0.5, 0.6) is 0 Å². The molecule has 1 unspecified atom stereocenters. The van der Waals surface area contributed by atoms with Crippen LogP contribution in [0.2, 0.25) is 0 Å². The molecule has 68 valence electrons. The average Bonchev–Trinajstić information content (AvgIpc) is 2.32. The SMILES string of the molecule is CC(N)(CC(F)F)c1c[nH]nn1. The second-order valence-electron chi connectivity index (χ2n) is 2.87. The van der Waals surface area contributed by atoms with Crippen LogP contribution >= 0.6 is 0 Å². The predicted molar refractivity (Wildman–Crippen MR) is 38.5 cm³/mol. The number of hydrogen-bond acceptors (Lipinski definition) is 3. The van der Waals surface area contributed by atoms with E-state index < -0.39 is 18.4 Å². The summed E-state index contributed by atoms with van der Waals surface area (Å²) in [6.45, 7) is 1.50. The third kappa shape index (κ3) is 1.97. The van der Waals surface area contributed by atoms with Gasteiger partial charge in [-0.1, -0.05) is 5.21 Å². The number of nitrogens with zero attached hydrogens (tertiary/aromatic N) is 2. The second kappa shape index (κ2) is 3.14. The molecule has 0 aromatic carbocycles. The van der Waals surface area contributed by atoms with Crippen LogP contribution in [0.4, 0.5) is 8.78 Å². The van der Waals surface area contributed by atoms with Gasteiger partial charge in [-0.25, -0.2) is 8.78 Å². The molecule has 0 amide bonds. The summed E-state index contributed by atoms with van der Waals surface area (Å²) >= 11 is 0. The van der Waals surface area contributed by atoms with Crippen LogP contribution in [0.3, 0.4) is 0 Å². The largest absolute Gasteiger partial charge is 0.320 e. The first-order chi connectivity index (χ1) is 5.52. The molecule has 0 radical (unpaired) electrons. The third-order valence-corrected chi connectivity index (χ3v) is 1.58. The van der Waals surface area contributed by atoms with Crippen LogP contribution < -0.4 is 5.73 Å². The number of H-pyrrole nitrogens is 1. The van der Waals surface area contributed by atoms with Gasteiger partial charge < -0.3 is 5.73 Å². The summed E-state index contributed by atoms with van der Waals surface area (Å²) in [6, 6.07) is 0. The summed E-state index contributed by atoms with van der Waals surface area (Å²) in [6.07, 6.45) is -1.43. The Balaban J connectivity index is 2.72. The lowest BCUT2D eigenvalue weighted by Crippen LogP contribution is -2.35. The molecule has 1 rings (SSSR count). The topological polar surface area (TPSA) is 67.6 Å². The predicted octanol–water partition coefficient (Wildman–Crippen LogP) is 0.634. The zero-order valence-corrected chi connectivity index (χ0v) is 6.59. The van der Waals surface area contributed by atoms with E-state index in [1.54, 1.807) is 0 Å². The van der Waals surface area contributed by atoms with Crippen molar-refractivity contribution in [3.63, 3.8) is 0 Å². The Kier molecular flexibility index (Phi) is 2.37. The van der Waals surface area contributed by atoms with Crippen molar-refractivity contribution in [3.8, 4) is 0 Å². The van der Waals surface area contributed by atoms with Gasteiger partial charge in [0.15, 0.2) is 0 Å². The standard InChI is InChI=1S/C6H10F2N4/c1-6(9,2-5(7)8)4-3-10-12-11-4/h3,5H,2,9H2,1H3,(H,10,11,12). The van der Waals surface area contributed by atoms with Gasteiger partial charge in [-0.05, 0) is 6.92 Å². The molecule has 1 atom stereocenters. The van der Waals surface area contributed by atoms with Crippen LogP contribution in [-0.4, -0.2) is 21.8 Å². The first-order valence-electron chi connectivity index (χ1n) is 3.46. The van der Waals surface area contributed by atoms with E-state index in [1.807, 2.05) is 0 Å². The highest BCUT2D eigenvalue weighted by atomic mass is 19.3. The lowest BCUT2D eigenvalue weighted by Gasteiger charge is -2.20. The van der Waals surface area contributed by atoms with E-state index in [1.165, 1.54) is 13.1 Å².